The van der Waals surface area contributed by atoms with Gasteiger partial charge in [0.15, 0.2) is 0 Å². The van der Waals surface area contributed by atoms with E-state index >= 15 is 0 Å². The van der Waals surface area contributed by atoms with Crippen LogP contribution in [0, 0.1) is 5.92 Å². The molecule has 0 fully saturated rings. The Kier molecular flexibility index (Phi) is 29.7. The smallest absolute Gasteiger partial charge is 0.303 e. The molecule has 0 aromatic rings. The normalized spacial score (nSPS) is 9.77. The van der Waals surface area contributed by atoms with Crippen molar-refractivity contribution in [1.82, 2.24) is 0 Å². The first-order valence-corrected chi connectivity index (χ1v) is 10.0. The molecular formula is C20H42O6. The van der Waals surface area contributed by atoms with Crippen molar-refractivity contribution in [2.24, 2.45) is 5.92 Å². The SMILES string of the molecule is CC(CO)CO.CCCCCCCC(=O)O.CCCCCCCC(=O)O. The third kappa shape index (κ3) is 38.4. The Hall–Kier alpha value is -1.14. The number of hydrogen-bond acceptors (Lipinski definition) is 4. The summed E-state index contributed by atoms with van der Waals surface area (Å²) in [5, 5.41) is 32.9. The Bertz CT molecular complexity index is 266. The van der Waals surface area contributed by atoms with Crippen LogP contribution in [0.5, 0.6) is 0 Å². The average Bonchev–Trinajstić information content (AvgIpc) is 2.61. The Labute approximate surface area is 159 Å². The van der Waals surface area contributed by atoms with Crippen LogP contribution in [0.25, 0.3) is 0 Å². The molecule has 0 saturated carbocycles. The van der Waals surface area contributed by atoms with Gasteiger partial charge >= 0.3 is 11.9 Å². The van der Waals surface area contributed by atoms with E-state index in [2.05, 4.69) is 13.8 Å². The van der Waals surface area contributed by atoms with Crippen LogP contribution in [-0.4, -0.2) is 45.6 Å². The van der Waals surface area contributed by atoms with Crippen molar-refractivity contribution in [3.63, 3.8) is 0 Å². The fourth-order valence-electron chi connectivity index (χ4n) is 1.82. The first-order chi connectivity index (χ1) is 12.3. The molecular weight excluding hydrogens is 336 g/mol. The molecule has 0 bridgehead atoms. The zero-order valence-electron chi connectivity index (χ0n) is 17.1. The highest BCUT2D eigenvalue weighted by Crippen LogP contribution is 2.04. The molecule has 4 N–H and O–H groups in total. The minimum absolute atomic E-state index is 0.0463. The van der Waals surface area contributed by atoms with Gasteiger partial charge in [0.05, 0.1) is 0 Å². The molecule has 0 aliphatic rings. The van der Waals surface area contributed by atoms with Gasteiger partial charge in [-0.1, -0.05) is 72.1 Å². The molecule has 0 aliphatic carbocycles. The predicted molar refractivity (Wildman–Crippen MR) is 105 cm³/mol. The van der Waals surface area contributed by atoms with E-state index in [1.165, 1.54) is 38.5 Å². The number of unbranched alkanes of at least 4 members (excludes halogenated alkanes) is 8. The minimum Gasteiger partial charge on any atom is -0.481 e. The molecule has 0 aliphatic heterocycles. The molecule has 6 heteroatoms. The number of carboxylic acid groups (broad SMARTS) is 2. The molecule has 0 aromatic carbocycles. The first-order valence-electron chi connectivity index (χ1n) is 10.0. The Morgan fingerprint density at radius 1 is 0.654 bits per heavy atom. The van der Waals surface area contributed by atoms with E-state index in [1.807, 2.05) is 0 Å². The highest BCUT2D eigenvalue weighted by molar-refractivity contribution is 5.66. The molecule has 0 amide bonds. The van der Waals surface area contributed by atoms with Gasteiger partial charge in [-0.3, -0.25) is 9.59 Å². The van der Waals surface area contributed by atoms with Crippen molar-refractivity contribution in [2.75, 3.05) is 13.2 Å². The number of carboxylic acids is 2. The molecule has 0 saturated heterocycles. The molecule has 0 atom stereocenters. The van der Waals surface area contributed by atoms with Crippen molar-refractivity contribution < 1.29 is 30.0 Å². The predicted octanol–water partition coefficient (Wildman–Crippen LogP) is 4.47. The van der Waals surface area contributed by atoms with E-state index in [1.54, 1.807) is 6.92 Å². The third-order valence-electron chi connectivity index (χ3n) is 3.61. The van der Waals surface area contributed by atoms with Gasteiger partial charge in [-0.2, -0.15) is 0 Å². The average molecular weight is 379 g/mol. The fraction of sp³-hybridized carbons (Fsp3) is 0.900. The number of aliphatic hydroxyl groups is 2. The van der Waals surface area contributed by atoms with Crippen LogP contribution >= 0.6 is 0 Å². The summed E-state index contributed by atoms with van der Waals surface area (Å²) in [6, 6.07) is 0. The summed E-state index contributed by atoms with van der Waals surface area (Å²) < 4.78 is 0. The standard InChI is InChI=1S/2C8H16O2.C4H10O2/c2*1-2-3-4-5-6-7-8(9)10;1-4(2-5)3-6/h2*2-7H2,1H3,(H,9,10);4-6H,2-3H2,1H3. The van der Waals surface area contributed by atoms with Gasteiger partial charge in [0.1, 0.15) is 0 Å². The van der Waals surface area contributed by atoms with E-state index in [0.29, 0.717) is 12.8 Å². The van der Waals surface area contributed by atoms with Crippen LogP contribution in [0.4, 0.5) is 0 Å². The Balaban J connectivity index is -0.000000316. The molecule has 0 radical (unpaired) electrons. The molecule has 0 aromatic heterocycles. The van der Waals surface area contributed by atoms with Crippen molar-refractivity contribution in [3.8, 4) is 0 Å². The summed E-state index contributed by atoms with van der Waals surface area (Å²) >= 11 is 0. The van der Waals surface area contributed by atoms with Crippen LogP contribution in [-0.2, 0) is 9.59 Å². The molecule has 26 heavy (non-hydrogen) atoms. The lowest BCUT2D eigenvalue weighted by atomic mass is 10.1. The molecule has 0 unspecified atom stereocenters. The molecule has 0 rings (SSSR count). The first kappa shape index (κ1) is 29.6. The molecule has 158 valence electrons. The Morgan fingerprint density at radius 2 is 0.962 bits per heavy atom. The fourth-order valence-corrected chi connectivity index (χ4v) is 1.82. The van der Waals surface area contributed by atoms with Gasteiger partial charge in [0.2, 0.25) is 0 Å². The van der Waals surface area contributed by atoms with Gasteiger partial charge in [0, 0.05) is 32.0 Å². The van der Waals surface area contributed by atoms with Gasteiger partial charge in [-0.05, 0) is 12.8 Å². The second kappa shape index (κ2) is 26.1. The maximum Gasteiger partial charge on any atom is 0.303 e. The monoisotopic (exact) mass is 378 g/mol. The summed E-state index contributed by atoms with van der Waals surface area (Å²) in [6.07, 6.45) is 11.8. The lowest BCUT2D eigenvalue weighted by Gasteiger charge is -1.97. The highest BCUT2D eigenvalue weighted by Gasteiger charge is 1.95. The summed E-state index contributed by atoms with van der Waals surface area (Å²) in [4.78, 5) is 20.1. The maximum absolute atomic E-state index is 10.0. The second-order valence-electron chi connectivity index (χ2n) is 6.59. The van der Waals surface area contributed by atoms with E-state index in [9.17, 15) is 9.59 Å². The minimum atomic E-state index is -0.670. The lowest BCUT2D eigenvalue weighted by molar-refractivity contribution is -0.138. The zero-order chi connectivity index (χ0) is 20.6. The van der Waals surface area contributed by atoms with E-state index < -0.39 is 11.9 Å². The quantitative estimate of drug-likeness (QED) is 0.331. The summed E-state index contributed by atoms with van der Waals surface area (Å²) in [6.45, 7) is 6.24. The largest absolute Gasteiger partial charge is 0.481 e. The van der Waals surface area contributed by atoms with Crippen LogP contribution in [0.15, 0.2) is 0 Å². The highest BCUT2D eigenvalue weighted by atomic mass is 16.4. The van der Waals surface area contributed by atoms with Gasteiger partial charge in [-0.15, -0.1) is 0 Å². The number of aliphatic carboxylic acids is 2. The maximum atomic E-state index is 10.0. The summed E-state index contributed by atoms with van der Waals surface area (Å²) in [7, 11) is 0. The number of aliphatic hydroxyl groups excluding tert-OH is 2. The zero-order valence-corrected chi connectivity index (χ0v) is 17.1. The number of hydrogen-bond donors (Lipinski definition) is 4. The van der Waals surface area contributed by atoms with Gasteiger partial charge in [0.25, 0.3) is 0 Å². The third-order valence-corrected chi connectivity index (χ3v) is 3.61. The molecule has 0 spiro atoms. The molecule has 0 heterocycles. The molecule has 6 nitrogen and oxygen atoms in total. The van der Waals surface area contributed by atoms with Crippen LogP contribution < -0.4 is 0 Å². The number of rotatable bonds is 14. The summed E-state index contributed by atoms with van der Waals surface area (Å²) in [5.41, 5.74) is 0. The van der Waals surface area contributed by atoms with Crippen LogP contribution in [0.1, 0.15) is 97.8 Å². The van der Waals surface area contributed by atoms with Crippen molar-refractivity contribution in [1.29, 1.82) is 0 Å². The van der Waals surface area contributed by atoms with Crippen molar-refractivity contribution in [2.45, 2.75) is 97.8 Å². The van der Waals surface area contributed by atoms with Crippen molar-refractivity contribution in [3.05, 3.63) is 0 Å². The summed E-state index contributed by atoms with van der Waals surface area (Å²) in [5.74, 6) is -1.29. The van der Waals surface area contributed by atoms with E-state index in [-0.39, 0.29) is 19.1 Å². The van der Waals surface area contributed by atoms with Crippen LogP contribution in [0.2, 0.25) is 0 Å². The van der Waals surface area contributed by atoms with Gasteiger partial charge < -0.3 is 20.4 Å². The van der Waals surface area contributed by atoms with E-state index in [4.69, 9.17) is 20.4 Å². The second-order valence-corrected chi connectivity index (χ2v) is 6.59. The van der Waals surface area contributed by atoms with Gasteiger partial charge in [-0.25, -0.2) is 0 Å². The van der Waals surface area contributed by atoms with E-state index in [0.717, 1.165) is 25.7 Å². The van der Waals surface area contributed by atoms with Crippen LogP contribution in [0.3, 0.4) is 0 Å². The van der Waals surface area contributed by atoms with Crippen molar-refractivity contribution >= 4 is 11.9 Å². The topological polar surface area (TPSA) is 115 Å². The Morgan fingerprint density at radius 3 is 1.15 bits per heavy atom. The number of carbonyl (C=O) groups is 2. The lowest BCUT2D eigenvalue weighted by Crippen LogP contribution is -2.04.